The van der Waals surface area contributed by atoms with Gasteiger partial charge in [0, 0.05) is 18.3 Å². The molecular weight excluding hydrogens is 386 g/mol. The van der Waals surface area contributed by atoms with Crippen LogP contribution >= 0.6 is 0 Å². The quantitative estimate of drug-likeness (QED) is 0.495. The number of nitrogens with one attached hydrogen (secondary N) is 1. The number of H-pyrrole nitrogens is 1. The molecule has 2 heterocycles. The highest BCUT2D eigenvalue weighted by Gasteiger charge is 2.11. The van der Waals surface area contributed by atoms with E-state index >= 15 is 0 Å². The topological polar surface area (TPSA) is 103 Å². The van der Waals surface area contributed by atoms with E-state index in [4.69, 9.17) is 4.74 Å². The molecule has 4 rings (SSSR count). The molecule has 152 valence electrons. The Morgan fingerprint density at radius 2 is 1.97 bits per heavy atom. The number of benzene rings is 2. The highest BCUT2D eigenvalue weighted by Crippen LogP contribution is 2.16. The van der Waals surface area contributed by atoms with Gasteiger partial charge in [-0.05, 0) is 35.7 Å². The zero-order valence-corrected chi connectivity index (χ0v) is 16.3. The number of esters is 2. The molecule has 2 aromatic heterocycles. The van der Waals surface area contributed by atoms with Crippen LogP contribution in [0.4, 0.5) is 0 Å². The van der Waals surface area contributed by atoms with E-state index in [0.29, 0.717) is 17.4 Å². The summed E-state index contributed by atoms with van der Waals surface area (Å²) in [6, 6.07) is 14.4. The SMILES string of the molecule is COC(=O)c1ccc2c(=O)[nH]c(COC(=O)CCn3ccc4ccccc43)nc2c1. The van der Waals surface area contributed by atoms with Crippen molar-refractivity contribution < 1.29 is 19.1 Å². The third-order valence-corrected chi connectivity index (χ3v) is 4.78. The van der Waals surface area contributed by atoms with Gasteiger partial charge in [-0.2, -0.15) is 0 Å². The van der Waals surface area contributed by atoms with E-state index in [0.717, 1.165) is 10.9 Å². The van der Waals surface area contributed by atoms with E-state index in [1.165, 1.54) is 25.3 Å². The molecule has 0 unspecified atom stereocenters. The summed E-state index contributed by atoms with van der Waals surface area (Å²) in [4.78, 5) is 43.0. The first-order chi connectivity index (χ1) is 14.5. The molecule has 30 heavy (non-hydrogen) atoms. The largest absolute Gasteiger partial charge is 0.465 e. The molecule has 0 atom stereocenters. The number of hydrogen-bond acceptors (Lipinski definition) is 6. The smallest absolute Gasteiger partial charge is 0.337 e. The fraction of sp³-hybridized carbons (Fsp3) is 0.182. The van der Waals surface area contributed by atoms with Gasteiger partial charge in [0.1, 0.15) is 12.4 Å². The Morgan fingerprint density at radius 3 is 2.80 bits per heavy atom. The third kappa shape index (κ3) is 3.93. The van der Waals surface area contributed by atoms with Crippen LogP contribution < -0.4 is 5.56 Å². The van der Waals surface area contributed by atoms with Gasteiger partial charge in [0.05, 0.1) is 30.0 Å². The van der Waals surface area contributed by atoms with Gasteiger partial charge in [-0.15, -0.1) is 0 Å². The third-order valence-electron chi connectivity index (χ3n) is 4.78. The van der Waals surface area contributed by atoms with Crippen LogP contribution in [0.3, 0.4) is 0 Å². The van der Waals surface area contributed by atoms with Gasteiger partial charge in [0.25, 0.3) is 5.56 Å². The summed E-state index contributed by atoms with van der Waals surface area (Å²) < 4.78 is 11.9. The molecule has 8 heteroatoms. The first-order valence-corrected chi connectivity index (χ1v) is 9.36. The van der Waals surface area contributed by atoms with Crippen LogP contribution in [0.5, 0.6) is 0 Å². The molecule has 4 aromatic rings. The molecule has 2 aromatic carbocycles. The number of rotatable bonds is 6. The molecule has 0 aliphatic carbocycles. The van der Waals surface area contributed by atoms with Gasteiger partial charge < -0.3 is 19.0 Å². The summed E-state index contributed by atoms with van der Waals surface area (Å²) >= 11 is 0. The molecule has 0 bridgehead atoms. The lowest BCUT2D eigenvalue weighted by Crippen LogP contribution is -2.15. The van der Waals surface area contributed by atoms with Gasteiger partial charge >= 0.3 is 11.9 Å². The van der Waals surface area contributed by atoms with Gasteiger partial charge in [-0.25, -0.2) is 9.78 Å². The molecule has 0 spiro atoms. The molecule has 0 aliphatic rings. The summed E-state index contributed by atoms with van der Waals surface area (Å²) in [5.74, 6) is -0.724. The van der Waals surface area contributed by atoms with Crippen LogP contribution in [-0.2, 0) is 27.4 Å². The maximum atomic E-state index is 12.2. The number of aromatic amines is 1. The second kappa shape index (κ2) is 8.20. The van der Waals surface area contributed by atoms with E-state index < -0.39 is 11.9 Å². The minimum atomic E-state index is -0.524. The zero-order valence-electron chi connectivity index (χ0n) is 16.3. The normalized spacial score (nSPS) is 11.0. The minimum absolute atomic E-state index is 0.168. The van der Waals surface area contributed by atoms with Crippen molar-refractivity contribution in [2.45, 2.75) is 19.6 Å². The number of nitrogens with zero attached hydrogens (tertiary/aromatic N) is 2. The highest BCUT2D eigenvalue weighted by atomic mass is 16.5. The fourth-order valence-electron chi connectivity index (χ4n) is 3.27. The number of aryl methyl sites for hydroxylation is 1. The van der Waals surface area contributed by atoms with Crippen LogP contribution in [0.15, 0.2) is 59.5 Å². The minimum Gasteiger partial charge on any atom is -0.465 e. The molecular formula is C22H19N3O5. The van der Waals surface area contributed by atoms with Crippen molar-refractivity contribution in [2.75, 3.05) is 7.11 Å². The van der Waals surface area contributed by atoms with Crippen LogP contribution in [-0.4, -0.2) is 33.6 Å². The Morgan fingerprint density at radius 1 is 1.13 bits per heavy atom. The molecule has 0 fully saturated rings. The Bertz CT molecular complexity index is 1310. The zero-order chi connectivity index (χ0) is 21.1. The van der Waals surface area contributed by atoms with Crippen molar-refractivity contribution in [3.63, 3.8) is 0 Å². The lowest BCUT2D eigenvalue weighted by atomic mass is 10.1. The van der Waals surface area contributed by atoms with E-state index in [1.807, 2.05) is 41.1 Å². The lowest BCUT2D eigenvalue weighted by Gasteiger charge is -2.08. The van der Waals surface area contributed by atoms with Crippen molar-refractivity contribution in [3.05, 3.63) is 76.5 Å². The molecule has 0 saturated heterocycles. The van der Waals surface area contributed by atoms with Crippen LogP contribution in [0.1, 0.15) is 22.6 Å². The predicted molar refractivity (Wildman–Crippen MR) is 110 cm³/mol. The van der Waals surface area contributed by atoms with Crippen LogP contribution in [0.25, 0.3) is 21.8 Å². The summed E-state index contributed by atoms with van der Waals surface area (Å²) in [5, 5.41) is 1.44. The van der Waals surface area contributed by atoms with Crippen molar-refractivity contribution in [1.82, 2.24) is 14.5 Å². The van der Waals surface area contributed by atoms with Crippen molar-refractivity contribution in [3.8, 4) is 0 Å². The first-order valence-electron chi connectivity index (χ1n) is 9.36. The maximum Gasteiger partial charge on any atom is 0.337 e. The van der Waals surface area contributed by atoms with Gasteiger partial charge in [-0.3, -0.25) is 9.59 Å². The summed E-state index contributed by atoms with van der Waals surface area (Å²) in [7, 11) is 1.28. The van der Waals surface area contributed by atoms with Gasteiger partial charge in [-0.1, -0.05) is 18.2 Å². The average Bonchev–Trinajstić information content (AvgIpc) is 3.18. The number of carbonyl (C=O) groups is 2. The number of ether oxygens (including phenoxy) is 2. The fourth-order valence-corrected chi connectivity index (χ4v) is 3.27. The van der Waals surface area contributed by atoms with E-state index in [9.17, 15) is 14.4 Å². The Kier molecular flexibility index (Phi) is 5.30. The maximum absolute atomic E-state index is 12.2. The van der Waals surface area contributed by atoms with Gasteiger partial charge in [0.2, 0.25) is 0 Å². The molecule has 0 radical (unpaired) electrons. The summed E-state index contributed by atoms with van der Waals surface area (Å²) in [5.41, 5.74) is 1.28. The number of para-hydroxylation sites is 1. The Hall–Kier alpha value is -3.94. The Labute approximate surface area is 171 Å². The summed E-state index contributed by atoms with van der Waals surface area (Å²) in [6.07, 6.45) is 2.11. The lowest BCUT2D eigenvalue weighted by molar-refractivity contribution is -0.145. The first kappa shape index (κ1) is 19.4. The Balaban J connectivity index is 1.43. The summed E-state index contributed by atoms with van der Waals surface area (Å²) in [6.45, 7) is 0.315. The van der Waals surface area contributed by atoms with Crippen molar-refractivity contribution in [2.24, 2.45) is 0 Å². The average molecular weight is 405 g/mol. The standard InChI is InChI=1S/C22H19N3O5/c1-29-22(28)15-6-7-16-17(12-15)23-19(24-21(16)27)13-30-20(26)9-11-25-10-8-14-4-2-3-5-18(14)25/h2-8,10,12H,9,11,13H2,1H3,(H,23,24,27). The van der Waals surface area contributed by atoms with Gasteiger partial charge in [0.15, 0.2) is 0 Å². The van der Waals surface area contributed by atoms with Crippen LogP contribution in [0.2, 0.25) is 0 Å². The van der Waals surface area contributed by atoms with E-state index in [-0.39, 0.29) is 30.0 Å². The number of hydrogen-bond donors (Lipinski definition) is 1. The molecule has 1 N–H and O–H groups in total. The van der Waals surface area contributed by atoms with Crippen molar-refractivity contribution >= 4 is 33.7 Å². The molecule has 0 amide bonds. The highest BCUT2D eigenvalue weighted by molar-refractivity contribution is 5.94. The van der Waals surface area contributed by atoms with E-state index in [2.05, 4.69) is 14.7 Å². The number of fused-ring (bicyclic) bond motifs is 2. The molecule has 8 nitrogen and oxygen atoms in total. The predicted octanol–water partition coefficient (Wildman–Crippen LogP) is 2.80. The molecule has 0 aliphatic heterocycles. The second-order valence-corrected chi connectivity index (χ2v) is 6.71. The van der Waals surface area contributed by atoms with Crippen LogP contribution in [0, 0.1) is 0 Å². The number of aromatic nitrogens is 3. The second-order valence-electron chi connectivity index (χ2n) is 6.71. The monoisotopic (exact) mass is 405 g/mol. The number of carbonyl (C=O) groups excluding carboxylic acids is 2. The number of methoxy groups -OCH3 is 1. The van der Waals surface area contributed by atoms with E-state index in [1.54, 1.807) is 0 Å². The van der Waals surface area contributed by atoms with Crippen molar-refractivity contribution in [1.29, 1.82) is 0 Å². The molecule has 0 saturated carbocycles.